The van der Waals surface area contributed by atoms with E-state index in [1.165, 1.54) is 11.1 Å². The first kappa shape index (κ1) is 29.0. The van der Waals surface area contributed by atoms with Gasteiger partial charge in [-0.1, -0.05) is 121 Å². The fourth-order valence-electron chi connectivity index (χ4n) is 7.20. The highest BCUT2D eigenvalue weighted by Crippen LogP contribution is 2.44. The molecular formula is C47H30N2O2. The van der Waals surface area contributed by atoms with Gasteiger partial charge >= 0.3 is 0 Å². The number of fused-ring (bicyclic) bond motifs is 6. The van der Waals surface area contributed by atoms with Crippen molar-refractivity contribution in [3.8, 4) is 33.7 Å². The highest BCUT2D eigenvalue weighted by molar-refractivity contribution is 6.13. The van der Waals surface area contributed by atoms with Crippen LogP contribution in [-0.2, 0) is 0 Å². The molecule has 0 saturated carbocycles. The number of aromatic nitrogens is 1. The van der Waals surface area contributed by atoms with Gasteiger partial charge < -0.3 is 13.7 Å². The van der Waals surface area contributed by atoms with E-state index in [2.05, 4.69) is 157 Å². The SMILES string of the molecule is c1ccc(-c2ccc(-c3nc4ccc5cccc(N(c6ccc(-c7ccccc7)cc6)c6ccc7c(c6)oc6ccccc67)c5c4o3)cc2)cc1. The van der Waals surface area contributed by atoms with Crippen LogP contribution in [0.25, 0.3) is 77.5 Å². The molecule has 0 fully saturated rings. The van der Waals surface area contributed by atoms with E-state index in [-0.39, 0.29) is 0 Å². The van der Waals surface area contributed by atoms with Crippen LogP contribution in [-0.4, -0.2) is 4.98 Å². The van der Waals surface area contributed by atoms with Gasteiger partial charge in [0.1, 0.15) is 16.7 Å². The third-order valence-corrected chi connectivity index (χ3v) is 9.71. The zero-order valence-corrected chi connectivity index (χ0v) is 27.5. The molecule has 0 aliphatic heterocycles. The molecule has 0 spiro atoms. The van der Waals surface area contributed by atoms with Gasteiger partial charge in [-0.15, -0.1) is 0 Å². The maximum atomic E-state index is 6.71. The number of benzene rings is 8. The Morgan fingerprint density at radius 2 is 1.02 bits per heavy atom. The molecule has 51 heavy (non-hydrogen) atoms. The van der Waals surface area contributed by atoms with Crippen molar-refractivity contribution in [3.05, 3.63) is 182 Å². The Balaban J connectivity index is 1.15. The molecule has 2 aromatic heterocycles. The number of anilines is 3. The lowest BCUT2D eigenvalue weighted by molar-refractivity contribution is 0.623. The number of hydrogen-bond acceptors (Lipinski definition) is 4. The fourth-order valence-corrected chi connectivity index (χ4v) is 7.20. The maximum absolute atomic E-state index is 6.71. The molecule has 240 valence electrons. The predicted octanol–water partition coefficient (Wildman–Crippen LogP) is 13.4. The topological polar surface area (TPSA) is 42.4 Å². The lowest BCUT2D eigenvalue weighted by atomic mass is 10.0. The monoisotopic (exact) mass is 654 g/mol. The molecule has 0 radical (unpaired) electrons. The van der Waals surface area contributed by atoms with E-state index in [0.717, 1.165) is 77.6 Å². The van der Waals surface area contributed by atoms with Crippen LogP contribution in [0, 0.1) is 0 Å². The maximum Gasteiger partial charge on any atom is 0.227 e. The van der Waals surface area contributed by atoms with Crippen molar-refractivity contribution in [2.45, 2.75) is 0 Å². The molecule has 10 rings (SSSR count). The van der Waals surface area contributed by atoms with Gasteiger partial charge in [0.2, 0.25) is 5.89 Å². The second kappa shape index (κ2) is 11.9. The molecule has 0 N–H and O–H groups in total. The number of hydrogen-bond donors (Lipinski definition) is 0. The number of nitrogens with zero attached hydrogens (tertiary/aromatic N) is 2. The van der Waals surface area contributed by atoms with Crippen molar-refractivity contribution in [1.29, 1.82) is 0 Å². The van der Waals surface area contributed by atoms with E-state index in [0.29, 0.717) is 5.89 Å². The van der Waals surface area contributed by atoms with Crippen molar-refractivity contribution in [2.75, 3.05) is 4.90 Å². The molecule has 0 saturated heterocycles. The molecule has 2 heterocycles. The van der Waals surface area contributed by atoms with E-state index in [9.17, 15) is 0 Å². The first-order chi connectivity index (χ1) is 25.3. The molecule has 4 heteroatoms. The van der Waals surface area contributed by atoms with Gasteiger partial charge in [0.25, 0.3) is 0 Å². The number of rotatable bonds is 6. The Labute approximate surface area is 294 Å². The predicted molar refractivity (Wildman–Crippen MR) is 210 cm³/mol. The third-order valence-electron chi connectivity index (χ3n) is 9.71. The number of oxazole rings is 1. The van der Waals surface area contributed by atoms with Gasteiger partial charge in [0.15, 0.2) is 5.58 Å². The minimum Gasteiger partial charge on any atom is -0.456 e. The molecule has 8 aromatic carbocycles. The summed E-state index contributed by atoms with van der Waals surface area (Å²) in [6, 6.07) is 63.3. The molecular weight excluding hydrogens is 625 g/mol. The highest BCUT2D eigenvalue weighted by atomic mass is 16.3. The first-order valence-electron chi connectivity index (χ1n) is 17.1. The summed E-state index contributed by atoms with van der Waals surface area (Å²) in [7, 11) is 0. The summed E-state index contributed by atoms with van der Waals surface area (Å²) < 4.78 is 13.1. The van der Waals surface area contributed by atoms with Gasteiger partial charge in [0.05, 0.1) is 11.1 Å². The standard InChI is InChI=1S/C47H30N2O2/c1-3-10-31(11-4-1)33-18-20-36(21-19-33)47-48-41-29-24-35-14-9-16-42(45(35)46(41)51-47)49(37-25-22-34(23-26-37)32-12-5-2-6-13-32)38-27-28-40-39-15-7-8-17-43(39)50-44(40)30-38/h1-30H. The van der Waals surface area contributed by atoms with Gasteiger partial charge in [-0.05, 0) is 82.2 Å². The minimum absolute atomic E-state index is 0.592. The van der Waals surface area contributed by atoms with E-state index in [1.807, 2.05) is 30.3 Å². The van der Waals surface area contributed by atoms with Crippen LogP contribution < -0.4 is 4.90 Å². The Hall–Kier alpha value is -6.91. The van der Waals surface area contributed by atoms with E-state index >= 15 is 0 Å². The summed E-state index contributed by atoms with van der Waals surface area (Å²) in [6.45, 7) is 0. The van der Waals surface area contributed by atoms with Crippen molar-refractivity contribution in [3.63, 3.8) is 0 Å². The molecule has 0 unspecified atom stereocenters. The van der Waals surface area contributed by atoms with Crippen molar-refractivity contribution in [1.82, 2.24) is 4.98 Å². The lowest BCUT2D eigenvalue weighted by Gasteiger charge is -2.27. The van der Waals surface area contributed by atoms with Crippen molar-refractivity contribution < 1.29 is 8.83 Å². The quantitative estimate of drug-likeness (QED) is 0.179. The van der Waals surface area contributed by atoms with Crippen molar-refractivity contribution >= 4 is 60.9 Å². The smallest absolute Gasteiger partial charge is 0.227 e. The largest absolute Gasteiger partial charge is 0.456 e. The first-order valence-corrected chi connectivity index (χ1v) is 17.1. The van der Waals surface area contributed by atoms with Crippen molar-refractivity contribution in [2.24, 2.45) is 0 Å². The Kier molecular flexibility index (Phi) is 6.78. The second-order valence-electron chi connectivity index (χ2n) is 12.8. The van der Waals surface area contributed by atoms with Gasteiger partial charge in [-0.2, -0.15) is 0 Å². The summed E-state index contributed by atoms with van der Waals surface area (Å²) >= 11 is 0. The zero-order chi connectivity index (χ0) is 33.7. The molecule has 4 nitrogen and oxygen atoms in total. The van der Waals surface area contributed by atoms with Crippen LogP contribution in [0.15, 0.2) is 191 Å². The summed E-state index contributed by atoms with van der Waals surface area (Å²) in [6.07, 6.45) is 0. The van der Waals surface area contributed by atoms with Crippen LogP contribution >= 0.6 is 0 Å². The van der Waals surface area contributed by atoms with Gasteiger partial charge in [-0.3, -0.25) is 0 Å². The summed E-state index contributed by atoms with van der Waals surface area (Å²) in [5.41, 5.74) is 11.9. The average molecular weight is 655 g/mol. The molecule has 0 amide bonds. The van der Waals surface area contributed by atoms with Crippen LogP contribution in [0.5, 0.6) is 0 Å². The zero-order valence-electron chi connectivity index (χ0n) is 27.5. The van der Waals surface area contributed by atoms with E-state index in [4.69, 9.17) is 13.8 Å². The molecule has 0 aliphatic rings. The summed E-state index contributed by atoms with van der Waals surface area (Å²) in [5.74, 6) is 0.592. The number of para-hydroxylation sites is 1. The summed E-state index contributed by atoms with van der Waals surface area (Å²) in [5, 5.41) is 4.26. The lowest BCUT2D eigenvalue weighted by Crippen LogP contribution is -2.10. The highest BCUT2D eigenvalue weighted by Gasteiger charge is 2.21. The van der Waals surface area contributed by atoms with Crippen LogP contribution in [0.1, 0.15) is 0 Å². The molecule has 0 aliphatic carbocycles. The minimum atomic E-state index is 0.592. The molecule has 10 aromatic rings. The molecule has 0 bridgehead atoms. The Morgan fingerprint density at radius 3 is 1.76 bits per heavy atom. The second-order valence-corrected chi connectivity index (χ2v) is 12.8. The average Bonchev–Trinajstić information content (AvgIpc) is 3.81. The van der Waals surface area contributed by atoms with Crippen LogP contribution in [0.4, 0.5) is 17.1 Å². The van der Waals surface area contributed by atoms with Crippen LogP contribution in [0.3, 0.4) is 0 Å². The van der Waals surface area contributed by atoms with E-state index < -0.39 is 0 Å². The Morgan fingerprint density at radius 1 is 0.412 bits per heavy atom. The molecule has 0 atom stereocenters. The number of furan rings is 1. The van der Waals surface area contributed by atoms with Crippen LogP contribution in [0.2, 0.25) is 0 Å². The Bertz CT molecular complexity index is 2840. The summed E-state index contributed by atoms with van der Waals surface area (Å²) in [4.78, 5) is 7.28. The fraction of sp³-hybridized carbons (Fsp3) is 0. The third kappa shape index (κ3) is 5.04. The van der Waals surface area contributed by atoms with Gasteiger partial charge in [-0.25, -0.2) is 4.98 Å². The van der Waals surface area contributed by atoms with Gasteiger partial charge in [0, 0.05) is 33.8 Å². The van der Waals surface area contributed by atoms with E-state index in [1.54, 1.807) is 0 Å². The normalized spacial score (nSPS) is 11.5.